The Balaban J connectivity index is 1.44. The van der Waals surface area contributed by atoms with E-state index in [4.69, 9.17) is 4.98 Å². The van der Waals surface area contributed by atoms with Crippen LogP contribution in [0.25, 0.3) is 55.8 Å². The first-order valence-electron chi connectivity index (χ1n) is 11.6. The molecule has 12 heteroatoms. The van der Waals surface area contributed by atoms with E-state index >= 15 is 0 Å². The predicted molar refractivity (Wildman–Crippen MR) is 142 cm³/mol. The second-order valence-electron chi connectivity index (χ2n) is 8.99. The number of aryl methyl sites for hydroxylation is 1. The van der Waals surface area contributed by atoms with Gasteiger partial charge in [-0.1, -0.05) is 0 Å². The Bertz CT molecular complexity index is 1950. The molecule has 0 bridgehead atoms. The molecule has 0 aliphatic rings. The quantitative estimate of drug-likeness (QED) is 0.295. The van der Waals surface area contributed by atoms with Crippen molar-refractivity contribution >= 4 is 32.1 Å². The normalized spacial score (nSPS) is 12.0. The molecule has 0 fully saturated rings. The molecular formula is C26H21FN8O2S. The van der Waals surface area contributed by atoms with Crippen molar-refractivity contribution in [3.05, 3.63) is 78.3 Å². The van der Waals surface area contributed by atoms with Gasteiger partial charge in [0.25, 0.3) is 0 Å². The second kappa shape index (κ2) is 9.08. The second-order valence-corrected chi connectivity index (χ2v) is 10.8. The number of nitrogens with zero attached hydrogens (tertiary/aromatic N) is 5. The highest BCUT2D eigenvalue weighted by molar-refractivity contribution is 7.88. The van der Waals surface area contributed by atoms with Crippen LogP contribution in [-0.2, 0) is 16.6 Å². The minimum Gasteiger partial charge on any atom is -0.335 e. The summed E-state index contributed by atoms with van der Waals surface area (Å²) >= 11 is 0. The molecule has 0 saturated carbocycles. The smallest absolute Gasteiger partial charge is 0.209 e. The zero-order valence-electron chi connectivity index (χ0n) is 20.3. The lowest BCUT2D eigenvalue weighted by atomic mass is 10.0. The lowest BCUT2D eigenvalue weighted by Gasteiger charge is -2.07. The molecule has 0 aliphatic carbocycles. The van der Waals surface area contributed by atoms with E-state index in [1.54, 1.807) is 37.1 Å². The summed E-state index contributed by atoms with van der Waals surface area (Å²) in [4.78, 5) is 21.1. The SMILES string of the molecule is Cc1ccncc1-c1cnc2[nH]nc(-c3nc4c(-c5cc(F)cc(CNS(C)(=O)=O)c5)cncc4[nH]3)c2c1. The average molecular weight is 529 g/mol. The van der Waals surface area contributed by atoms with Crippen LogP contribution in [0, 0.1) is 12.7 Å². The highest BCUT2D eigenvalue weighted by Crippen LogP contribution is 2.33. The number of sulfonamides is 1. The number of aromatic amines is 2. The van der Waals surface area contributed by atoms with Gasteiger partial charge < -0.3 is 4.98 Å². The Labute approximate surface area is 216 Å². The van der Waals surface area contributed by atoms with E-state index in [9.17, 15) is 12.8 Å². The number of halogens is 1. The van der Waals surface area contributed by atoms with Crippen molar-refractivity contribution in [1.82, 2.24) is 39.8 Å². The van der Waals surface area contributed by atoms with Crippen molar-refractivity contribution < 1.29 is 12.8 Å². The molecule has 6 rings (SSSR count). The van der Waals surface area contributed by atoms with Gasteiger partial charge in [-0.05, 0) is 53.9 Å². The summed E-state index contributed by atoms with van der Waals surface area (Å²) in [5, 5.41) is 8.18. The van der Waals surface area contributed by atoms with Crippen LogP contribution in [0.4, 0.5) is 4.39 Å². The van der Waals surface area contributed by atoms with Crippen LogP contribution in [0.15, 0.2) is 61.3 Å². The number of fused-ring (bicyclic) bond motifs is 2. The maximum absolute atomic E-state index is 14.5. The summed E-state index contributed by atoms with van der Waals surface area (Å²) in [6.07, 6.45) is 9.61. The summed E-state index contributed by atoms with van der Waals surface area (Å²) in [5.41, 5.74) is 6.94. The van der Waals surface area contributed by atoms with Crippen LogP contribution in [0.1, 0.15) is 11.1 Å². The van der Waals surface area contributed by atoms with E-state index in [1.165, 1.54) is 12.1 Å². The molecule has 0 amide bonds. The Kier molecular flexibility index (Phi) is 5.69. The van der Waals surface area contributed by atoms with Crippen LogP contribution < -0.4 is 4.72 Å². The largest absolute Gasteiger partial charge is 0.335 e. The van der Waals surface area contributed by atoms with Gasteiger partial charge in [0, 0.05) is 48.0 Å². The van der Waals surface area contributed by atoms with Gasteiger partial charge in [-0.15, -0.1) is 0 Å². The first-order chi connectivity index (χ1) is 18.2. The van der Waals surface area contributed by atoms with Crippen LogP contribution in [0.3, 0.4) is 0 Å². The Morgan fingerprint density at radius 1 is 1.00 bits per heavy atom. The van der Waals surface area contributed by atoms with Crippen LogP contribution in [-0.4, -0.2) is 49.8 Å². The highest BCUT2D eigenvalue weighted by Gasteiger charge is 2.18. The maximum atomic E-state index is 14.5. The Morgan fingerprint density at radius 2 is 1.84 bits per heavy atom. The minimum atomic E-state index is -3.43. The van der Waals surface area contributed by atoms with E-state index < -0.39 is 15.8 Å². The van der Waals surface area contributed by atoms with E-state index in [-0.39, 0.29) is 6.54 Å². The zero-order valence-corrected chi connectivity index (χ0v) is 21.1. The van der Waals surface area contributed by atoms with Gasteiger partial charge in [0.2, 0.25) is 10.0 Å². The van der Waals surface area contributed by atoms with Crippen LogP contribution in [0.2, 0.25) is 0 Å². The number of H-pyrrole nitrogens is 2. The standard InChI is InChI=1S/C26H21FN8O2S/c1-14-3-4-28-11-20(14)17-8-19-24(34-35-25(19)30-10-17)26-32-22-13-29-12-21(23(22)33-26)16-5-15(6-18(27)7-16)9-31-38(2,36)37/h3-8,10-13,31H,9H2,1-2H3,(H,32,33)(H,30,34,35). The first-order valence-corrected chi connectivity index (χ1v) is 13.5. The Morgan fingerprint density at radius 3 is 2.66 bits per heavy atom. The summed E-state index contributed by atoms with van der Waals surface area (Å²) in [6, 6.07) is 8.30. The van der Waals surface area contributed by atoms with Gasteiger partial charge in [0.1, 0.15) is 11.5 Å². The van der Waals surface area contributed by atoms with Gasteiger partial charge >= 0.3 is 0 Å². The third kappa shape index (κ3) is 4.51. The monoisotopic (exact) mass is 528 g/mol. The molecule has 1 aromatic carbocycles. The molecule has 0 unspecified atom stereocenters. The fraction of sp³-hybridized carbons (Fsp3) is 0.115. The third-order valence-corrected chi connectivity index (χ3v) is 6.86. The topological polar surface area (TPSA) is 142 Å². The van der Waals surface area contributed by atoms with Crippen molar-refractivity contribution in [2.45, 2.75) is 13.5 Å². The van der Waals surface area contributed by atoms with E-state index in [0.29, 0.717) is 44.9 Å². The van der Waals surface area contributed by atoms with Gasteiger partial charge in [-0.2, -0.15) is 5.10 Å². The Hall–Kier alpha value is -4.55. The fourth-order valence-electron chi connectivity index (χ4n) is 4.38. The average Bonchev–Trinajstić information content (AvgIpc) is 3.50. The molecule has 5 aromatic heterocycles. The van der Waals surface area contributed by atoms with Crippen molar-refractivity contribution in [2.24, 2.45) is 0 Å². The summed E-state index contributed by atoms with van der Waals surface area (Å²) in [7, 11) is -3.43. The van der Waals surface area contributed by atoms with Crippen molar-refractivity contribution in [3.8, 4) is 33.8 Å². The van der Waals surface area contributed by atoms with Gasteiger partial charge in [-0.25, -0.2) is 27.5 Å². The van der Waals surface area contributed by atoms with E-state index in [0.717, 1.165) is 28.3 Å². The number of benzene rings is 1. The first kappa shape index (κ1) is 23.8. The van der Waals surface area contributed by atoms with Crippen LogP contribution >= 0.6 is 0 Å². The predicted octanol–water partition coefficient (Wildman–Crippen LogP) is 4.12. The van der Waals surface area contributed by atoms with Gasteiger partial charge in [0.15, 0.2) is 11.5 Å². The molecular weight excluding hydrogens is 507 g/mol. The number of aromatic nitrogens is 7. The highest BCUT2D eigenvalue weighted by atomic mass is 32.2. The molecule has 3 N–H and O–H groups in total. The van der Waals surface area contributed by atoms with E-state index in [2.05, 4.69) is 34.9 Å². The lowest BCUT2D eigenvalue weighted by Crippen LogP contribution is -2.21. The molecule has 0 atom stereocenters. The lowest BCUT2D eigenvalue weighted by molar-refractivity contribution is 0.586. The number of hydrogen-bond donors (Lipinski definition) is 3. The molecule has 6 aromatic rings. The molecule has 0 radical (unpaired) electrons. The molecule has 5 heterocycles. The summed E-state index contributed by atoms with van der Waals surface area (Å²) < 4.78 is 39.9. The zero-order chi connectivity index (χ0) is 26.4. The molecule has 0 aliphatic heterocycles. The number of imidazole rings is 1. The molecule has 0 spiro atoms. The number of nitrogens with one attached hydrogen (secondary N) is 3. The molecule has 38 heavy (non-hydrogen) atoms. The van der Waals surface area contributed by atoms with Crippen molar-refractivity contribution in [1.29, 1.82) is 0 Å². The van der Waals surface area contributed by atoms with Crippen LogP contribution in [0.5, 0.6) is 0 Å². The number of hydrogen-bond acceptors (Lipinski definition) is 7. The van der Waals surface area contributed by atoms with Crippen molar-refractivity contribution in [3.63, 3.8) is 0 Å². The molecule has 10 nitrogen and oxygen atoms in total. The number of pyridine rings is 3. The third-order valence-electron chi connectivity index (χ3n) is 6.19. The molecule has 190 valence electrons. The minimum absolute atomic E-state index is 0.0379. The summed E-state index contributed by atoms with van der Waals surface area (Å²) in [5.74, 6) is 0.000820. The number of rotatable bonds is 6. The van der Waals surface area contributed by atoms with Crippen molar-refractivity contribution in [2.75, 3.05) is 6.26 Å². The fourth-order valence-corrected chi connectivity index (χ4v) is 4.81. The summed E-state index contributed by atoms with van der Waals surface area (Å²) in [6.45, 7) is 1.98. The van der Waals surface area contributed by atoms with Gasteiger partial charge in [-0.3, -0.25) is 15.1 Å². The maximum Gasteiger partial charge on any atom is 0.209 e. The van der Waals surface area contributed by atoms with Gasteiger partial charge in [0.05, 0.1) is 28.9 Å². The molecule has 0 saturated heterocycles. The van der Waals surface area contributed by atoms with E-state index in [1.807, 2.05) is 19.1 Å².